The van der Waals surface area contributed by atoms with Gasteiger partial charge in [0.2, 0.25) is 0 Å². The number of piperazine rings is 1. The summed E-state index contributed by atoms with van der Waals surface area (Å²) < 4.78 is 0. The van der Waals surface area contributed by atoms with E-state index in [1.165, 1.54) is 4.90 Å². The van der Waals surface area contributed by atoms with Crippen LogP contribution in [0.3, 0.4) is 0 Å². The van der Waals surface area contributed by atoms with Crippen molar-refractivity contribution < 1.29 is 19.5 Å². The third-order valence-corrected chi connectivity index (χ3v) is 3.19. The van der Waals surface area contributed by atoms with Crippen molar-refractivity contribution in [2.24, 2.45) is 0 Å². The maximum absolute atomic E-state index is 11.8. The van der Waals surface area contributed by atoms with Crippen LogP contribution in [0.1, 0.15) is 18.5 Å². The van der Waals surface area contributed by atoms with Gasteiger partial charge in [0.15, 0.2) is 0 Å². The topological polar surface area (TPSA) is 86.7 Å². The second-order valence-corrected chi connectivity index (χ2v) is 4.41. The van der Waals surface area contributed by atoms with E-state index >= 15 is 0 Å². The van der Waals surface area contributed by atoms with E-state index in [-0.39, 0.29) is 12.6 Å². The number of benzene rings is 1. The lowest BCUT2D eigenvalue weighted by Crippen LogP contribution is -2.60. The van der Waals surface area contributed by atoms with Crippen LogP contribution < -0.4 is 5.32 Å². The third-order valence-electron chi connectivity index (χ3n) is 3.19. The van der Waals surface area contributed by atoms with Gasteiger partial charge in [0, 0.05) is 0 Å². The minimum absolute atomic E-state index is 0.0318. The molecule has 0 unspecified atom stereocenters. The number of hydrogen-bond donors (Lipinski definition) is 2. The Balaban J connectivity index is 2.24. The molecule has 6 nitrogen and oxygen atoms in total. The van der Waals surface area contributed by atoms with E-state index in [9.17, 15) is 14.4 Å². The van der Waals surface area contributed by atoms with Gasteiger partial charge in [-0.2, -0.15) is 0 Å². The highest BCUT2D eigenvalue weighted by atomic mass is 16.4. The summed E-state index contributed by atoms with van der Waals surface area (Å²) in [4.78, 5) is 35.6. The van der Waals surface area contributed by atoms with Gasteiger partial charge in [-0.25, -0.2) is 4.79 Å². The molecule has 19 heavy (non-hydrogen) atoms. The lowest BCUT2D eigenvalue weighted by Gasteiger charge is -2.35. The number of aliphatic carboxylic acids is 1. The highest BCUT2D eigenvalue weighted by Crippen LogP contribution is 2.21. The molecule has 1 aliphatic heterocycles. The number of nitrogens with one attached hydrogen (secondary N) is 1. The zero-order valence-corrected chi connectivity index (χ0v) is 10.4. The zero-order chi connectivity index (χ0) is 14.0. The third kappa shape index (κ3) is 2.57. The molecule has 1 saturated heterocycles. The van der Waals surface area contributed by atoms with Crippen LogP contribution in [0.2, 0.25) is 0 Å². The molecule has 1 aromatic rings. The molecule has 0 saturated carbocycles. The highest BCUT2D eigenvalue weighted by Gasteiger charge is 2.38. The van der Waals surface area contributed by atoms with Gasteiger partial charge in [0.05, 0.1) is 12.6 Å². The summed E-state index contributed by atoms with van der Waals surface area (Å²) in [5, 5.41) is 11.1. The average Bonchev–Trinajstić information content (AvgIpc) is 2.41. The normalized spacial score (nSPS) is 20.9. The fourth-order valence-corrected chi connectivity index (χ4v) is 2.06. The first-order valence-corrected chi connectivity index (χ1v) is 5.90. The number of carboxylic acids is 1. The van der Waals surface area contributed by atoms with Crippen LogP contribution >= 0.6 is 0 Å². The Morgan fingerprint density at radius 3 is 2.58 bits per heavy atom. The minimum Gasteiger partial charge on any atom is -0.480 e. The first kappa shape index (κ1) is 13.1. The first-order valence-electron chi connectivity index (χ1n) is 5.90. The molecular weight excluding hydrogens is 248 g/mol. The molecule has 0 radical (unpaired) electrons. The summed E-state index contributed by atoms with van der Waals surface area (Å²) in [5.41, 5.74) is 0.856. The van der Waals surface area contributed by atoms with Crippen molar-refractivity contribution in [3.8, 4) is 0 Å². The van der Waals surface area contributed by atoms with Gasteiger partial charge >= 0.3 is 17.8 Å². The molecule has 2 amide bonds. The molecule has 2 N–H and O–H groups in total. The van der Waals surface area contributed by atoms with E-state index in [0.717, 1.165) is 5.56 Å². The Kier molecular flexibility index (Phi) is 3.50. The Morgan fingerprint density at radius 1 is 1.37 bits per heavy atom. The van der Waals surface area contributed by atoms with Crippen LogP contribution in [0.4, 0.5) is 0 Å². The SMILES string of the molecule is C[C@H](c1ccccc1)N1C[C@@H](C(=O)O)NC(=O)C1=O. The molecule has 2 rings (SSSR count). The Hall–Kier alpha value is -2.37. The number of nitrogens with zero attached hydrogens (tertiary/aromatic N) is 1. The molecule has 2 atom stereocenters. The molecule has 6 heteroatoms. The van der Waals surface area contributed by atoms with Crippen molar-refractivity contribution in [1.82, 2.24) is 10.2 Å². The largest absolute Gasteiger partial charge is 0.480 e. The van der Waals surface area contributed by atoms with Crippen molar-refractivity contribution in [2.45, 2.75) is 19.0 Å². The molecular formula is C13H14N2O4. The number of carbonyl (C=O) groups is 3. The number of carbonyl (C=O) groups excluding carboxylic acids is 2. The molecule has 1 fully saturated rings. The van der Waals surface area contributed by atoms with Crippen LogP contribution in [-0.4, -0.2) is 40.4 Å². The lowest BCUT2D eigenvalue weighted by molar-refractivity contribution is -0.155. The van der Waals surface area contributed by atoms with E-state index in [1.807, 2.05) is 30.3 Å². The van der Waals surface area contributed by atoms with Gasteiger partial charge in [0.25, 0.3) is 0 Å². The molecule has 1 heterocycles. The second kappa shape index (κ2) is 5.09. The Labute approximate surface area is 110 Å². The van der Waals surface area contributed by atoms with E-state index in [0.29, 0.717) is 0 Å². The van der Waals surface area contributed by atoms with E-state index in [2.05, 4.69) is 5.32 Å². The summed E-state index contributed by atoms with van der Waals surface area (Å²) in [5.74, 6) is -2.72. The van der Waals surface area contributed by atoms with Crippen LogP contribution in [0, 0.1) is 0 Å². The molecule has 0 spiro atoms. The van der Waals surface area contributed by atoms with Crippen LogP contribution in [0.25, 0.3) is 0 Å². The molecule has 100 valence electrons. The van der Waals surface area contributed by atoms with Crippen molar-refractivity contribution in [1.29, 1.82) is 0 Å². The van der Waals surface area contributed by atoms with Gasteiger partial charge in [0.1, 0.15) is 6.04 Å². The molecule has 0 bridgehead atoms. The smallest absolute Gasteiger partial charge is 0.328 e. The highest BCUT2D eigenvalue weighted by molar-refractivity contribution is 6.36. The number of rotatable bonds is 3. The van der Waals surface area contributed by atoms with E-state index in [1.54, 1.807) is 6.92 Å². The second-order valence-electron chi connectivity index (χ2n) is 4.41. The average molecular weight is 262 g/mol. The van der Waals surface area contributed by atoms with Gasteiger partial charge in [-0.05, 0) is 12.5 Å². The predicted octanol–water partition coefficient (Wildman–Crippen LogP) is 0.159. The standard InChI is InChI=1S/C13H14N2O4/c1-8(9-5-3-2-4-6-9)15-7-10(13(18)19)14-11(16)12(15)17/h2-6,8,10H,7H2,1H3,(H,14,16)(H,18,19)/t8-,10+/m1/s1. The van der Waals surface area contributed by atoms with Gasteiger partial charge in [-0.3, -0.25) is 9.59 Å². The van der Waals surface area contributed by atoms with Crippen molar-refractivity contribution in [3.63, 3.8) is 0 Å². The van der Waals surface area contributed by atoms with Crippen molar-refractivity contribution in [3.05, 3.63) is 35.9 Å². The summed E-state index contributed by atoms with van der Waals surface area (Å²) in [6, 6.07) is 7.77. The molecule has 1 aliphatic rings. The predicted molar refractivity (Wildman–Crippen MR) is 66.1 cm³/mol. The fraction of sp³-hybridized carbons (Fsp3) is 0.308. The molecule has 1 aromatic carbocycles. The summed E-state index contributed by atoms with van der Waals surface area (Å²) >= 11 is 0. The Bertz CT molecular complexity index is 515. The van der Waals surface area contributed by atoms with Crippen LogP contribution in [-0.2, 0) is 14.4 Å². The number of hydrogen-bond acceptors (Lipinski definition) is 3. The lowest BCUT2D eigenvalue weighted by atomic mass is 10.0. The van der Waals surface area contributed by atoms with Gasteiger partial charge < -0.3 is 15.3 Å². The van der Waals surface area contributed by atoms with Crippen LogP contribution in [0.15, 0.2) is 30.3 Å². The maximum atomic E-state index is 11.8. The number of amides is 2. The minimum atomic E-state index is -1.15. The van der Waals surface area contributed by atoms with E-state index in [4.69, 9.17) is 5.11 Å². The van der Waals surface area contributed by atoms with Gasteiger partial charge in [-0.15, -0.1) is 0 Å². The summed E-state index contributed by atoms with van der Waals surface area (Å²) in [7, 11) is 0. The molecule has 0 aromatic heterocycles. The quantitative estimate of drug-likeness (QED) is 0.760. The zero-order valence-electron chi connectivity index (χ0n) is 10.4. The van der Waals surface area contributed by atoms with E-state index < -0.39 is 23.8 Å². The Morgan fingerprint density at radius 2 is 2.00 bits per heavy atom. The van der Waals surface area contributed by atoms with Crippen molar-refractivity contribution >= 4 is 17.8 Å². The van der Waals surface area contributed by atoms with Gasteiger partial charge in [-0.1, -0.05) is 30.3 Å². The fourth-order valence-electron chi connectivity index (χ4n) is 2.06. The monoisotopic (exact) mass is 262 g/mol. The van der Waals surface area contributed by atoms with Crippen molar-refractivity contribution in [2.75, 3.05) is 6.54 Å². The maximum Gasteiger partial charge on any atom is 0.328 e. The molecule has 0 aliphatic carbocycles. The van der Waals surface area contributed by atoms with Crippen LogP contribution in [0.5, 0.6) is 0 Å². The number of carboxylic acid groups (broad SMARTS) is 1. The summed E-state index contributed by atoms with van der Waals surface area (Å²) in [6.07, 6.45) is 0. The summed E-state index contributed by atoms with van der Waals surface area (Å²) in [6.45, 7) is 1.74. The first-order chi connectivity index (χ1) is 9.00.